The third kappa shape index (κ3) is 6.66. The molecule has 1 saturated heterocycles. The van der Waals surface area contributed by atoms with Gasteiger partial charge in [-0.05, 0) is 85.8 Å². The second-order valence-corrected chi connectivity index (χ2v) is 9.29. The summed E-state index contributed by atoms with van der Waals surface area (Å²) in [6, 6.07) is 18.5. The first-order chi connectivity index (χ1) is 18.0. The van der Waals surface area contributed by atoms with Gasteiger partial charge in [0.1, 0.15) is 17.2 Å². The largest absolute Gasteiger partial charge is 0.493 e. The maximum Gasteiger partial charge on any atom is 0.341 e. The minimum atomic E-state index is -0.465. The Morgan fingerprint density at radius 1 is 0.919 bits per heavy atom. The van der Waals surface area contributed by atoms with Gasteiger partial charge in [-0.2, -0.15) is 0 Å². The number of para-hydroxylation sites is 1. The molecule has 0 bridgehead atoms. The summed E-state index contributed by atoms with van der Waals surface area (Å²) in [6.07, 6.45) is 2.77. The average molecular weight is 510 g/mol. The van der Waals surface area contributed by atoms with E-state index in [1.54, 1.807) is 25.3 Å². The van der Waals surface area contributed by atoms with Crippen LogP contribution in [0.1, 0.15) is 46.7 Å². The van der Waals surface area contributed by atoms with Gasteiger partial charge in [-0.25, -0.2) is 13.6 Å². The van der Waals surface area contributed by atoms with Gasteiger partial charge >= 0.3 is 5.97 Å². The molecule has 0 N–H and O–H groups in total. The smallest absolute Gasteiger partial charge is 0.341 e. The fraction of sp³-hybridized carbons (Fsp3) is 0.367. The van der Waals surface area contributed by atoms with Crippen LogP contribution < -0.4 is 9.47 Å². The van der Waals surface area contributed by atoms with Gasteiger partial charge in [-0.1, -0.05) is 30.3 Å². The van der Waals surface area contributed by atoms with Crippen molar-refractivity contribution in [2.75, 3.05) is 40.5 Å². The van der Waals surface area contributed by atoms with Gasteiger partial charge in [-0.15, -0.1) is 0 Å². The summed E-state index contributed by atoms with van der Waals surface area (Å²) in [5.74, 6) is 0.380. The van der Waals surface area contributed by atoms with E-state index >= 15 is 0 Å². The number of ether oxygens (including phenoxy) is 3. The number of likely N-dealkylation sites (tertiary alicyclic amines) is 1. The minimum absolute atomic E-state index is 0.0916. The lowest BCUT2D eigenvalue weighted by Gasteiger charge is -2.36. The molecule has 0 atom stereocenters. The summed E-state index contributed by atoms with van der Waals surface area (Å²) >= 11 is 0. The molecule has 196 valence electrons. The molecule has 1 aliphatic heterocycles. The van der Waals surface area contributed by atoms with Gasteiger partial charge in [0.05, 0.1) is 20.8 Å². The Balaban J connectivity index is 1.34. The molecular weight excluding hydrogens is 476 g/mol. The van der Waals surface area contributed by atoms with E-state index in [1.165, 1.54) is 31.4 Å². The van der Waals surface area contributed by atoms with E-state index in [4.69, 9.17) is 14.2 Å². The SMILES string of the molecule is COC(=O)c1cccc(OC)c1OCCCN1CCC(C(c2ccc(F)cc2)c2ccc(F)cc2)CC1. The summed E-state index contributed by atoms with van der Waals surface area (Å²) in [7, 11) is 2.88. The number of esters is 1. The Kier molecular flexibility index (Phi) is 9.12. The highest BCUT2D eigenvalue weighted by molar-refractivity contribution is 5.93. The van der Waals surface area contributed by atoms with E-state index in [1.807, 2.05) is 24.3 Å². The van der Waals surface area contributed by atoms with Crippen molar-refractivity contribution >= 4 is 5.97 Å². The first kappa shape index (κ1) is 26.6. The number of piperidine rings is 1. The van der Waals surface area contributed by atoms with Gasteiger partial charge in [0, 0.05) is 12.5 Å². The lowest BCUT2D eigenvalue weighted by molar-refractivity contribution is 0.0595. The Bertz CT molecular complexity index is 1110. The molecule has 4 rings (SSSR count). The molecule has 37 heavy (non-hydrogen) atoms. The van der Waals surface area contributed by atoms with Gasteiger partial charge in [0.15, 0.2) is 11.5 Å². The van der Waals surface area contributed by atoms with Crippen molar-refractivity contribution in [1.82, 2.24) is 4.90 Å². The van der Waals surface area contributed by atoms with Gasteiger partial charge in [-0.3, -0.25) is 0 Å². The van der Waals surface area contributed by atoms with Crippen LogP contribution in [0.25, 0.3) is 0 Å². The molecule has 0 saturated carbocycles. The predicted molar refractivity (Wildman–Crippen MR) is 138 cm³/mol. The van der Waals surface area contributed by atoms with Crippen molar-refractivity contribution in [3.8, 4) is 11.5 Å². The van der Waals surface area contributed by atoms with Crippen molar-refractivity contribution in [3.05, 3.63) is 95.1 Å². The van der Waals surface area contributed by atoms with Crippen molar-refractivity contribution < 1.29 is 27.8 Å². The van der Waals surface area contributed by atoms with Crippen LogP contribution in [-0.2, 0) is 4.74 Å². The quantitative estimate of drug-likeness (QED) is 0.245. The molecule has 0 aliphatic carbocycles. The van der Waals surface area contributed by atoms with Crippen molar-refractivity contribution in [2.45, 2.75) is 25.2 Å². The molecule has 1 heterocycles. The maximum atomic E-state index is 13.6. The van der Waals surface area contributed by atoms with Gasteiger partial charge in [0.25, 0.3) is 0 Å². The monoisotopic (exact) mass is 509 g/mol. The molecule has 1 aliphatic rings. The lowest BCUT2D eigenvalue weighted by Crippen LogP contribution is -2.37. The van der Waals surface area contributed by atoms with Gasteiger partial charge < -0.3 is 19.1 Å². The van der Waals surface area contributed by atoms with Crippen LogP contribution in [0.15, 0.2) is 66.7 Å². The number of carbonyl (C=O) groups is 1. The number of halogens is 2. The second kappa shape index (κ2) is 12.7. The molecule has 3 aromatic carbocycles. The number of hydrogen-bond acceptors (Lipinski definition) is 5. The molecule has 0 radical (unpaired) electrons. The van der Waals surface area contributed by atoms with Gasteiger partial charge in [0.2, 0.25) is 0 Å². The first-order valence-corrected chi connectivity index (χ1v) is 12.6. The number of nitrogens with zero attached hydrogens (tertiary/aromatic N) is 1. The van der Waals surface area contributed by atoms with Crippen molar-refractivity contribution in [2.24, 2.45) is 5.92 Å². The maximum absolute atomic E-state index is 13.6. The second-order valence-electron chi connectivity index (χ2n) is 9.29. The number of hydrogen-bond donors (Lipinski definition) is 0. The van der Waals surface area contributed by atoms with Crippen molar-refractivity contribution in [3.63, 3.8) is 0 Å². The molecule has 0 spiro atoms. The van der Waals surface area contributed by atoms with Crippen LogP contribution in [0.4, 0.5) is 8.78 Å². The molecule has 3 aromatic rings. The van der Waals surface area contributed by atoms with Crippen LogP contribution in [0.2, 0.25) is 0 Å². The topological polar surface area (TPSA) is 48.0 Å². The standard InChI is InChI=1S/C30H33F2NO4/c1-35-27-6-3-5-26(30(34)36-2)29(27)37-20-4-17-33-18-15-23(16-19-33)28(21-7-11-24(31)12-8-21)22-9-13-25(32)14-10-22/h3,5-14,23,28H,4,15-20H2,1-2H3. The number of methoxy groups -OCH3 is 2. The third-order valence-corrected chi connectivity index (χ3v) is 7.03. The summed E-state index contributed by atoms with van der Waals surface area (Å²) in [5.41, 5.74) is 2.45. The molecular formula is C30H33F2NO4. The first-order valence-electron chi connectivity index (χ1n) is 12.6. The molecule has 5 nitrogen and oxygen atoms in total. The highest BCUT2D eigenvalue weighted by Crippen LogP contribution is 2.38. The average Bonchev–Trinajstić information content (AvgIpc) is 2.93. The Morgan fingerprint density at radius 3 is 2.05 bits per heavy atom. The number of rotatable bonds is 10. The molecule has 0 amide bonds. The summed E-state index contributed by atoms with van der Waals surface area (Å²) in [4.78, 5) is 14.5. The summed E-state index contributed by atoms with van der Waals surface area (Å²) in [6.45, 7) is 3.18. The van der Waals surface area contributed by atoms with Crippen molar-refractivity contribution in [1.29, 1.82) is 0 Å². The normalized spacial score (nSPS) is 14.5. The molecule has 0 aromatic heterocycles. The van der Waals surface area contributed by atoms with Crippen LogP contribution in [-0.4, -0.2) is 51.3 Å². The van der Waals surface area contributed by atoms with Crippen LogP contribution >= 0.6 is 0 Å². The Labute approximate surface area is 217 Å². The van der Waals surface area contributed by atoms with E-state index in [0.717, 1.165) is 50.0 Å². The zero-order valence-electron chi connectivity index (χ0n) is 21.3. The lowest BCUT2D eigenvalue weighted by atomic mass is 9.76. The molecule has 7 heteroatoms. The zero-order chi connectivity index (χ0) is 26.2. The predicted octanol–water partition coefficient (Wildman–Crippen LogP) is 6.07. The van der Waals surface area contributed by atoms with E-state index < -0.39 is 5.97 Å². The highest BCUT2D eigenvalue weighted by atomic mass is 19.1. The summed E-state index contributed by atoms with van der Waals surface area (Å²) < 4.78 is 43.3. The number of carbonyl (C=O) groups excluding carboxylic acids is 1. The van der Waals surface area contributed by atoms with Crippen LogP contribution in [0, 0.1) is 17.6 Å². The van der Waals surface area contributed by atoms with E-state index in [-0.39, 0.29) is 17.6 Å². The number of benzene rings is 3. The zero-order valence-corrected chi connectivity index (χ0v) is 21.3. The van der Waals surface area contributed by atoms with E-state index in [0.29, 0.717) is 29.6 Å². The van der Waals surface area contributed by atoms with Crippen LogP contribution in [0.5, 0.6) is 11.5 Å². The minimum Gasteiger partial charge on any atom is -0.493 e. The summed E-state index contributed by atoms with van der Waals surface area (Å²) in [5, 5.41) is 0. The Morgan fingerprint density at radius 2 is 1.51 bits per heavy atom. The van der Waals surface area contributed by atoms with Crippen LogP contribution in [0.3, 0.4) is 0 Å². The third-order valence-electron chi connectivity index (χ3n) is 7.03. The molecule has 0 unspecified atom stereocenters. The fourth-order valence-electron chi connectivity index (χ4n) is 5.15. The highest BCUT2D eigenvalue weighted by Gasteiger charge is 2.29. The Hall–Kier alpha value is -3.45. The van der Waals surface area contributed by atoms with E-state index in [2.05, 4.69) is 4.90 Å². The fourth-order valence-corrected chi connectivity index (χ4v) is 5.15. The van der Waals surface area contributed by atoms with E-state index in [9.17, 15) is 13.6 Å². The molecule has 1 fully saturated rings.